The van der Waals surface area contributed by atoms with Gasteiger partial charge in [0.2, 0.25) is 0 Å². The average molecular weight is 849 g/mol. The fourth-order valence-electron chi connectivity index (χ4n) is 7.56. The first-order valence-electron chi connectivity index (χ1n) is 21.5. The van der Waals surface area contributed by atoms with Crippen LogP contribution in [0.2, 0.25) is 0 Å². The van der Waals surface area contributed by atoms with Crippen LogP contribution in [0.25, 0.3) is 43.1 Å². The summed E-state index contributed by atoms with van der Waals surface area (Å²) in [5.74, 6) is 0.244. The maximum atomic E-state index is 11.4. The van der Waals surface area contributed by atoms with Crippen molar-refractivity contribution in [1.82, 2.24) is 0 Å². The predicted molar refractivity (Wildman–Crippen MR) is 237 cm³/mol. The highest BCUT2D eigenvalue weighted by Crippen LogP contribution is 2.39. The molecule has 0 atom stereocenters. The molecule has 4 N–H and O–H groups in total. The summed E-state index contributed by atoms with van der Waals surface area (Å²) in [4.78, 5) is 19.0. The molecule has 10 rings (SSSR count). The van der Waals surface area contributed by atoms with Gasteiger partial charge in [0.05, 0.1) is 95.8 Å². The normalized spacial score (nSPS) is 17.4. The van der Waals surface area contributed by atoms with Crippen molar-refractivity contribution in [3.8, 4) is 23.0 Å². The number of aromatic hydroxyl groups is 4. The van der Waals surface area contributed by atoms with Gasteiger partial charge >= 0.3 is 0 Å². The molecular weight excluding hydrogens is 793 g/mol. The molecule has 0 fully saturated rings. The van der Waals surface area contributed by atoms with Crippen molar-refractivity contribution in [3.63, 3.8) is 0 Å². The van der Waals surface area contributed by atoms with Crippen molar-refractivity contribution < 1.29 is 48.8 Å². The van der Waals surface area contributed by atoms with Crippen LogP contribution >= 0.6 is 0 Å². The number of benzene rings is 6. The number of nitrogens with zero attached hydrogens (tertiary/aromatic N) is 4. The van der Waals surface area contributed by atoms with E-state index in [1.807, 2.05) is 48.5 Å². The Kier molecular flexibility index (Phi) is 16.6. The lowest BCUT2D eigenvalue weighted by Crippen LogP contribution is -2.12. The third-order valence-corrected chi connectivity index (χ3v) is 10.5. The maximum Gasteiger partial charge on any atom is 0.133 e. The second-order valence-electron chi connectivity index (χ2n) is 14.8. The second kappa shape index (κ2) is 23.1. The molecule has 0 amide bonds. The first kappa shape index (κ1) is 44.6. The lowest BCUT2D eigenvalue weighted by Gasteiger charge is -2.11. The summed E-state index contributed by atoms with van der Waals surface area (Å²) in [6, 6.07) is 21.8. The number of hydrogen-bond acceptors (Lipinski definition) is 14. The number of hydrogen-bond donors (Lipinski definition) is 4. The van der Waals surface area contributed by atoms with Crippen molar-refractivity contribution in [2.45, 2.75) is 25.7 Å². The standard InChI is InChI=1S/C48H56N4O10/c53-45-33-9-1-13-37-41(33)46(54)34-10-2-14-38(42(34)45)50-18-6-22-58-26-31-62-32-28-60-24-8-20-52-40-16-4-12-36-44(40)48(56)35-11-3-15-39(43(35)47(36)55)51-19-7-23-59-27-30-61-29-25-57-21-5-17-49-37/h1-4,9-16,53-56H,5-8,17-32H2. The molecule has 328 valence electrons. The summed E-state index contributed by atoms with van der Waals surface area (Å²) in [5, 5.41) is 52.2. The van der Waals surface area contributed by atoms with Crippen LogP contribution in [0.15, 0.2) is 92.8 Å². The predicted octanol–water partition coefficient (Wildman–Crippen LogP) is 4.97. The Bertz CT molecular complexity index is 2330. The first-order valence-corrected chi connectivity index (χ1v) is 21.5. The second-order valence-corrected chi connectivity index (χ2v) is 14.8. The monoisotopic (exact) mass is 848 g/mol. The first-order chi connectivity index (χ1) is 30.5. The van der Waals surface area contributed by atoms with Gasteiger partial charge in [0, 0.05) is 74.2 Å². The molecule has 4 heterocycles. The fraction of sp³-hybridized carbons (Fsp3) is 0.417. The molecule has 12 bridgehead atoms. The van der Waals surface area contributed by atoms with Gasteiger partial charge in [-0.25, -0.2) is 0 Å². The molecule has 4 aliphatic heterocycles. The molecular formula is C48H56N4O10. The molecule has 0 aliphatic carbocycles. The van der Waals surface area contributed by atoms with Gasteiger partial charge < -0.3 is 48.8 Å². The Morgan fingerprint density at radius 2 is 0.500 bits per heavy atom. The van der Waals surface area contributed by atoms with Gasteiger partial charge in [-0.15, -0.1) is 0 Å². The van der Waals surface area contributed by atoms with E-state index in [1.54, 1.807) is 24.3 Å². The highest BCUT2D eigenvalue weighted by atomic mass is 16.5. The van der Waals surface area contributed by atoms with Gasteiger partial charge in [-0.1, -0.05) is 48.5 Å². The summed E-state index contributed by atoms with van der Waals surface area (Å²) in [6.07, 6.45) is 2.69. The van der Waals surface area contributed by atoms with Gasteiger partial charge in [0.15, 0.2) is 0 Å². The van der Waals surface area contributed by atoms with Gasteiger partial charge in [-0.3, -0.25) is 20.0 Å². The van der Waals surface area contributed by atoms with Crippen LogP contribution in [-0.2, 0) is 28.4 Å². The Morgan fingerprint density at radius 3 is 0.726 bits per heavy atom. The van der Waals surface area contributed by atoms with Gasteiger partial charge in [-0.2, -0.15) is 0 Å². The van der Waals surface area contributed by atoms with Crippen LogP contribution in [0.3, 0.4) is 0 Å². The molecule has 0 unspecified atom stereocenters. The van der Waals surface area contributed by atoms with Crippen LogP contribution < -0.4 is 21.4 Å². The van der Waals surface area contributed by atoms with E-state index in [-0.39, 0.29) is 23.0 Å². The van der Waals surface area contributed by atoms with Crippen LogP contribution in [-0.4, -0.2) is 126 Å². The molecule has 14 heteroatoms. The Labute approximate surface area is 359 Å². The molecule has 14 nitrogen and oxygen atoms in total. The van der Waals surface area contributed by atoms with Gasteiger partial charge in [0.25, 0.3) is 0 Å². The molecule has 0 spiro atoms. The molecule has 0 saturated carbocycles. The number of phenols is 4. The van der Waals surface area contributed by atoms with Crippen molar-refractivity contribution in [1.29, 1.82) is 0 Å². The molecule has 4 aliphatic rings. The summed E-state index contributed by atoms with van der Waals surface area (Å²) >= 11 is 0. The molecule has 0 aromatic heterocycles. The molecule has 62 heavy (non-hydrogen) atoms. The van der Waals surface area contributed by atoms with Crippen LogP contribution in [0.5, 0.6) is 23.0 Å². The lowest BCUT2D eigenvalue weighted by molar-refractivity contribution is 0.0143. The maximum absolute atomic E-state index is 11.4. The Morgan fingerprint density at radius 1 is 0.290 bits per heavy atom. The zero-order chi connectivity index (χ0) is 42.9. The molecule has 6 aromatic rings. The average Bonchev–Trinajstić information content (AvgIpc) is 3.29. The van der Waals surface area contributed by atoms with E-state index in [4.69, 9.17) is 48.4 Å². The fourth-order valence-corrected chi connectivity index (χ4v) is 7.56. The highest BCUT2D eigenvalue weighted by molar-refractivity contribution is 6.11. The molecule has 0 radical (unpaired) electrons. The summed E-state index contributed by atoms with van der Waals surface area (Å²) < 4.78 is 34.3. The van der Waals surface area contributed by atoms with Crippen LogP contribution in [0.4, 0.5) is 0 Å². The summed E-state index contributed by atoms with van der Waals surface area (Å²) in [5.41, 5.74) is 0. The summed E-state index contributed by atoms with van der Waals surface area (Å²) in [7, 11) is 0. The number of ether oxygens (including phenoxy) is 6. The highest BCUT2D eigenvalue weighted by Gasteiger charge is 2.17. The number of phenolic OH excluding ortho intramolecular Hbond substituents is 4. The van der Waals surface area contributed by atoms with E-state index in [0.29, 0.717) is 196 Å². The van der Waals surface area contributed by atoms with Gasteiger partial charge in [0.1, 0.15) is 23.0 Å². The van der Waals surface area contributed by atoms with E-state index < -0.39 is 0 Å². The summed E-state index contributed by atoms with van der Waals surface area (Å²) in [6.45, 7) is 7.44. The third-order valence-electron chi connectivity index (χ3n) is 10.5. The Hall–Kier alpha value is -5.48. The largest absolute Gasteiger partial charge is 0.507 e. The van der Waals surface area contributed by atoms with Crippen molar-refractivity contribution in [2.75, 3.05) is 105 Å². The lowest BCUT2D eigenvalue weighted by atomic mass is 9.99. The minimum absolute atomic E-state index is 0.0610. The Balaban J connectivity index is 0.979. The smallest absolute Gasteiger partial charge is 0.133 e. The van der Waals surface area contributed by atoms with E-state index in [2.05, 4.69) is 0 Å². The zero-order valence-electron chi connectivity index (χ0n) is 35.1. The minimum Gasteiger partial charge on any atom is -0.507 e. The van der Waals surface area contributed by atoms with Gasteiger partial charge in [-0.05, 0) is 49.9 Å². The van der Waals surface area contributed by atoms with E-state index in [1.165, 1.54) is 0 Å². The van der Waals surface area contributed by atoms with E-state index in [0.717, 1.165) is 0 Å². The van der Waals surface area contributed by atoms with E-state index in [9.17, 15) is 20.4 Å². The number of rotatable bonds is 0. The minimum atomic E-state index is 0.0610. The third kappa shape index (κ3) is 11.1. The molecule has 6 aromatic carbocycles. The van der Waals surface area contributed by atoms with Crippen molar-refractivity contribution in [3.05, 3.63) is 94.2 Å². The van der Waals surface area contributed by atoms with Crippen molar-refractivity contribution >= 4 is 43.1 Å². The molecule has 0 saturated heterocycles. The van der Waals surface area contributed by atoms with Crippen molar-refractivity contribution in [2.24, 2.45) is 20.0 Å². The van der Waals surface area contributed by atoms with E-state index >= 15 is 0 Å². The SMILES string of the molecule is Oc1c2cccc3c2c(O)c2cccc(c12)=NCCCOCCOCCOCCCN=c1cccc2c(O)c4c(cccc4c(O)c12)=NCCCOCCOCCOCCCN=3. The topological polar surface area (TPSA) is 186 Å². The van der Waals surface area contributed by atoms with Crippen LogP contribution in [0.1, 0.15) is 25.7 Å². The zero-order valence-corrected chi connectivity index (χ0v) is 35.1. The van der Waals surface area contributed by atoms with Crippen LogP contribution in [0, 0.1) is 0 Å². The quantitative estimate of drug-likeness (QED) is 0.120.